The van der Waals surface area contributed by atoms with Gasteiger partial charge in [0, 0.05) is 30.2 Å². The summed E-state index contributed by atoms with van der Waals surface area (Å²) in [5.41, 5.74) is 2.70. The van der Waals surface area contributed by atoms with Gasteiger partial charge in [-0.2, -0.15) is 5.10 Å². The number of rotatable bonds is 4. The number of ether oxygens (including phenoxy) is 1. The summed E-state index contributed by atoms with van der Waals surface area (Å²) in [5, 5.41) is 8.48. The first-order valence-electron chi connectivity index (χ1n) is 8.58. The summed E-state index contributed by atoms with van der Waals surface area (Å²) in [7, 11) is -2.92. The van der Waals surface area contributed by atoms with Crippen LogP contribution in [0.4, 0.5) is 5.82 Å². The third-order valence-electron chi connectivity index (χ3n) is 4.53. The van der Waals surface area contributed by atoms with E-state index in [1.165, 1.54) is 0 Å². The Morgan fingerprint density at radius 3 is 2.77 bits per heavy atom. The molecule has 1 aliphatic rings. The monoisotopic (exact) mass is 372 g/mol. The van der Waals surface area contributed by atoms with Gasteiger partial charge in [0.15, 0.2) is 9.84 Å². The lowest BCUT2D eigenvalue weighted by atomic mass is 10.1. The second-order valence-electron chi connectivity index (χ2n) is 6.25. The van der Waals surface area contributed by atoms with Crippen LogP contribution in [0.2, 0.25) is 0 Å². The van der Waals surface area contributed by atoms with Crippen molar-refractivity contribution in [3.05, 3.63) is 36.5 Å². The first-order valence-corrected chi connectivity index (χ1v) is 10.4. The molecule has 0 unspecified atom stereocenters. The molecule has 3 heterocycles. The zero-order valence-electron chi connectivity index (χ0n) is 14.5. The summed E-state index contributed by atoms with van der Waals surface area (Å²) in [6.45, 7) is 3.49. The highest BCUT2D eigenvalue weighted by Crippen LogP contribution is 2.30. The Hall–Kier alpha value is -2.61. The van der Waals surface area contributed by atoms with Gasteiger partial charge < -0.3 is 9.64 Å². The zero-order chi connectivity index (χ0) is 18.1. The van der Waals surface area contributed by atoms with E-state index in [4.69, 9.17) is 4.74 Å². The fourth-order valence-electron chi connectivity index (χ4n) is 3.15. The molecule has 0 atom stereocenters. The predicted molar refractivity (Wildman–Crippen MR) is 101 cm³/mol. The van der Waals surface area contributed by atoms with Gasteiger partial charge >= 0.3 is 0 Å². The Morgan fingerprint density at radius 1 is 1.19 bits per heavy atom. The number of sulfone groups is 1. The summed E-state index contributed by atoms with van der Waals surface area (Å²) in [6, 6.07) is 9.72. The van der Waals surface area contributed by atoms with Crippen molar-refractivity contribution in [1.29, 1.82) is 0 Å². The standard InChI is InChI=1S/C18H20N4O3S/c1-2-25-14-3-4-16-15(12-14)18(21-20-16)13-5-6-19-17(11-13)22-7-9-26(23,24)10-8-22/h3-6,11-12H,2,7-10H2,1H3,(H,20,21). The van der Waals surface area contributed by atoms with E-state index in [1.54, 1.807) is 6.20 Å². The van der Waals surface area contributed by atoms with Crippen LogP contribution in [0.3, 0.4) is 0 Å². The van der Waals surface area contributed by atoms with Crippen molar-refractivity contribution >= 4 is 26.6 Å². The number of aromatic amines is 1. The Bertz CT molecular complexity index is 1030. The van der Waals surface area contributed by atoms with Crippen molar-refractivity contribution in [3.8, 4) is 17.0 Å². The van der Waals surface area contributed by atoms with E-state index in [0.717, 1.165) is 33.7 Å². The third-order valence-corrected chi connectivity index (χ3v) is 6.14. The fourth-order valence-corrected chi connectivity index (χ4v) is 4.35. The first-order chi connectivity index (χ1) is 12.6. The van der Waals surface area contributed by atoms with Crippen LogP contribution >= 0.6 is 0 Å². The lowest BCUT2D eigenvalue weighted by molar-refractivity contribution is 0.341. The SMILES string of the molecule is CCOc1ccc2[nH]nc(-c3ccnc(N4CCS(=O)(=O)CC4)c3)c2c1. The summed E-state index contributed by atoms with van der Waals surface area (Å²) < 4.78 is 28.9. The van der Waals surface area contributed by atoms with Crippen molar-refractivity contribution in [2.24, 2.45) is 0 Å². The average Bonchev–Trinajstić information content (AvgIpc) is 3.05. The number of fused-ring (bicyclic) bond motifs is 1. The number of benzene rings is 1. The molecule has 0 radical (unpaired) electrons. The molecule has 3 aromatic rings. The predicted octanol–water partition coefficient (Wildman–Crippen LogP) is 2.26. The van der Waals surface area contributed by atoms with Crippen LogP contribution in [-0.2, 0) is 9.84 Å². The number of nitrogens with one attached hydrogen (secondary N) is 1. The maximum absolute atomic E-state index is 11.6. The quantitative estimate of drug-likeness (QED) is 0.756. The molecule has 0 bridgehead atoms. The van der Waals surface area contributed by atoms with E-state index < -0.39 is 9.84 Å². The zero-order valence-corrected chi connectivity index (χ0v) is 15.3. The van der Waals surface area contributed by atoms with E-state index in [1.807, 2.05) is 42.2 Å². The molecule has 1 N–H and O–H groups in total. The molecule has 1 aromatic carbocycles. The first kappa shape index (κ1) is 16.8. The summed E-state index contributed by atoms with van der Waals surface area (Å²) >= 11 is 0. The highest BCUT2D eigenvalue weighted by molar-refractivity contribution is 7.91. The minimum Gasteiger partial charge on any atom is -0.494 e. The highest BCUT2D eigenvalue weighted by Gasteiger charge is 2.23. The van der Waals surface area contributed by atoms with Crippen LogP contribution in [0.25, 0.3) is 22.2 Å². The summed E-state index contributed by atoms with van der Waals surface area (Å²) in [6.07, 6.45) is 1.74. The molecule has 0 saturated carbocycles. The number of hydrogen-bond acceptors (Lipinski definition) is 6. The summed E-state index contributed by atoms with van der Waals surface area (Å²) in [4.78, 5) is 6.42. The molecule has 7 nitrogen and oxygen atoms in total. The van der Waals surface area contributed by atoms with Gasteiger partial charge in [-0.25, -0.2) is 13.4 Å². The van der Waals surface area contributed by atoms with E-state index in [2.05, 4.69) is 15.2 Å². The molecule has 26 heavy (non-hydrogen) atoms. The number of hydrogen-bond donors (Lipinski definition) is 1. The molecule has 1 saturated heterocycles. The van der Waals surface area contributed by atoms with E-state index in [-0.39, 0.29) is 11.5 Å². The smallest absolute Gasteiger partial charge is 0.153 e. The van der Waals surface area contributed by atoms with Crippen LogP contribution in [0.5, 0.6) is 5.75 Å². The van der Waals surface area contributed by atoms with E-state index in [9.17, 15) is 8.42 Å². The van der Waals surface area contributed by atoms with Crippen LogP contribution in [0, 0.1) is 0 Å². The Kier molecular flexibility index (Phi) is 4.28. The van der Waals surface area contributed by atoms with Gasteiger partial charge in [-0.15, -0.1) is 0 Å². The molecule has 4 rings (SSSR count). The van der Waals surface area contributed by atoms with Gasteiger partial charge in [0.25, 0.3) is 0 Å². The van der Waals surface area contributed by atoms with Gasteiger partial charge in [-0.3, -0.25) is 5.10 Å². The topological polar surface area (TPSA) is 88.2 Å². The number of aromatic nitrogens is 3. The van der Waals surface area contributed by atoms with Gasteiger partial charge in [0.2, 0.25) is 0 Å². The van der Waals surface area contributed by atoms with Gasteiger partial charge in [-0.05, 0) is 37.3 Å². The Morgan fingerprint density at radius 2 is 2.00 bits per heavy atom. The lowest BCUT2D eigenvalue weighted by Gasteiger charge is -2.27. The van der Waals surface area contributed by atoms with Crippen LogP contribution < -0.4 is 9.64 Å². The third kappa shape index (κ3) is 3.24. The Labute approximate surface area is 151 Å². The van der Waals surface area contributed by atoms with E-state index >= 15 is 0 Å². The Balaban J connectivity index is 1.68. The normalized spacial score (nSPS) is 16.7. The molecule has 1 fully saturated rings. The van der Waals surface area contributed by atoms with Crippen molar-refractivity contribution in [3.63, 3.8) is 0 Å². The van der Waals surface area contributed by atoms with Crippen LogP contribution in [-0.4, -0.2) is 54.8 Å². The molecule has 2 aromatic heterocycles. The molecular weight excluding hydrogens is 352 g/mol. The molecule has 1 aliphatic heterocycles. The summed E-state index contributed by atoms with van der Waals surface area (Å²) in [5.74, 6) is 1.91. The number of anilines is 1. The van der Waals surface area contributed by atoms with Crippen molar-refractivity contribution in [2.45, 2.75) is 6.92 Å². The molecule has 0 spiro atoms. The fraction of sp³-hybridized carbons (Fsp3) is 0.333. The number of nitrogens with zero attached hydrogens (tertiary/aromatic N) is 3. The highest BCUT2D eigenvalue weighted by atomic mass is 32.2. The van der Waals surface area contributed by atoms with Crippen molar-refractivity contribution in [2.75, 3.05) is 36.1 Å². The second-order valence-corrected chi connectivity index (χ2v) is 8.56. The minimum absolute atomic E-state index is 0.169. The maximum atomic E-state index is 11.6. The molecule has 136 valence electrons. The van der Waals surface area contributed by atoms with Crippen LogP contribution in [0.1, 0.15) is 6.92 Å². The maximum Gasteiger partial charge on any atom is 0.153 e. The molecule has 0 aliphatic carbocycles. The van der Waals surface area contributed by atoms with Gasteiger partial charge in [0.05, 0.1) is 23.6 Å². The number of H-pyrrole nitrogens is 1. The molecule has 8 heteroatoms. The van der Waals surface area contributed by atoms with Crippen LogP contribution in [0.15, 0.2) is 36.5 Å². The van der Waals surface area contributed by atoms with Crippen molar-refractivity contribution in [1.82, 2.24) is 15.2 Å². The van der Waals surface area contributed by atoms with Gasteiger partial charge in [0.1, 0.15) is 17.3 Å². The number of pyridine rings is 1. The van der Waals surface area contributed by atoms with Gasteiger partial charge in [-0.1, -0.05) is 0 Å². The second kappa shape index (κ2) is 6.60. The molecular formula is C18H20N4O3S. The van der Waals surface area contributed by atoms with Crippen molar-refractivity contribution < 1.29 is 13.2 Å². The average molecular weight is 372 g/mol. The molecule has 0 amide bonds. The minimum atomic E-state index is -2.92. The van der Waals surface area contributed by atoms with E-state index in [0.29, 0.717) is 19.7 Å². The largest absolute Gasteiger partial charge is 0.494 e. The lowest BCUT2D eigenvalue weighted by Crippen LogP contribution is -2.40.